The molecule has 1 aromatic carbocycles. The Labute approximate surface area is 194 Å². The lowest BCUT2D eigenvalue weighted by Gasteiger charge is -2.36. The van der Waals surface area contributed by atoms with Gasteiger partial charge in [-0.3, -0.25) is 4.79 Å². The Morgan fingerprint density at radius 2 is 1.88 bits per heavy atom. The number of esters is 1. The van der Waals surface area contributed by atoms with Crippen LogP contribution in [-0.4, -0.2) is 50.8 Å². The second-order valence-corrected chi connectivity index (χ2v) is 9.80. The van der Waals surface area contributed by atoms with Gasteiger partial charge in [0.25, 0.3) is 0 Å². The number of amides is 1. The summed E-state index contributed by atoms with van der Waals surface area (Å²) in [6, 6.07) is 7.98. The first-order valence-electron chi connectivity index (χ1n) is 12.1. The molecular weight excluding hydrogens is 404 g/mol. The van der Waals surface area contributed by atoms with Gasteiger partial charge in [0, 0.05) is 6.54 Å². The van der Waals surface area contributed by atoms with Crippen molar-refractivity contribution in [1.82, 2.24) is 10.2 Å². The van der Waals surface area contributed by atoms with Crippen molar-refractivity contribution in [3.8, 4) is 5.75 Å². The van der Waals surface area contributed by atoms with Crippen LogP contribution in [0.25, 0.3) is 0 Å². The van der Waals surface area contributed by atoms with Crippen LogP contribution in [0.15, 0.2) is 24.3 Å². The maximum absolute atomic E-state index is 12.9. The van der Waals surface area contributed by atoms with E-state index in [0.29, 0.717) is 37.2 Å². The molecule has 0 saturated heterocycles. The normalized spacial score (nSPS) is 16.6. The number of hydrogen-bond donors (Lipinski definition) is 1. The molecule has 1 atom stereocenters. The number of alkyl carbamates (subject to hydrolysis) is 1. The van der Waals surface area contributed by atoms with E-state index >= 15 is 0 Å². The molecule has 0 spiro atoms. The maximum Gasteiger partial charge on any atom is 0.407 e. The van der Waals surface area contributed by atoms with Crippen molar-refractivity contribution in [3.05, 3.63) is 29.8 Å². The Kier molecular flexibility index (Phi) is 10.5. The minimum atomic E-state index is -0.420. The van der Waals surface area contributed by atoms with Crippen LogP contribution < -0.4 is 10.1 Å². The summed E-state index contributed by atoms with van der Waals surface area (Å²) in [5.41, 5.74) is 0.954. The number of benzene rings is 1. The predicted molar refractivity (Wildman–Crippen MR) is 128 cm³/mol. The largest absolute Gasteiger partial charge is 0.450 e. The minimum Gasteiger partial charge on any atom is -0.450 e. The summed E-state index contributed by atoms with van der Waals surface area (Å²) in [7, 11) is 4.18. The van der Waals surface area contributed by atoms with Gasteiger partial charge in [0.05, 0.1) is 13.0 Å². The number of carbonyl (C=O) groups excluding carboxylic acids is 2. The molecule has 1 aliphatic carbocycles. The lowest BCUT2D eigenvalue weighted by Crippen LogP contribution is -2.41. The van der Waals surface area contributed by atoms with Gasteiger partial charge in [-0.25, -0.2) is 4.79 Å². The number of hydrogen-bond acceptors (Lipinski definition) is 5. The number of rotatable bonds is 11. The molecule has 180 valence electrons. The molecule has 1 N–H and O–H groups in total. The average Bonchev–Trinajstić information content (AvgIpc) is 2.73. The molecule has 1 aliphatic rings. The fourth-order valence-corrected chi connectivity index (χ4v) is 4.72. The number of carbonyl (C=O) groups is 2. The molecule has 1 fully saturated rings. The molecular formula is C26H42N2O4. The summed E-state index contributed by atoms with van der Waals surface area (Å²) in [6.07, 6.45) is 6.06. The summed E-state index contributed by atoms with van der Waals surface area (Å²) >= 11 is 0. The molecule has 6 heteroatoms. The van der Waals surface area contributed by atoms with Gasteiger partial charge in [0.15, 0.2) is 0 Å². The zero-order valence-electron chi connectivity index (χ0n) is 20.6. The van der Waals surface area contributed by atoms with E-state index < -0.39 is 6.09 Å². The topological polar surface area (TPSA) is 67.9 Å². The number of nitrogens with zero attached hydrogens (tertiary/aromatic N) is 1. The zero-order chi connectivity index (χ0) is 23.6. The fraction of sp³-hybridized carbons (Fsp3) is 0.692. The van der Waals surface area contributed by atoms with Gasteiger partial charge in [0.2, 0.25) is 0 Å². The van der Waals surface area contributed by atoms with Crippen LogP contribution in [0.5, 0.6) is 5.75 Å². The van der Waals surface area contributed by atoms with Crippen LogP contribution in [0.1, 0.15) is 77.2 Å². The fourth-order valence-electron chi connectivity index (χ4n) is 4.72. The Hall–Kier alpha value is -2.08. The summed E-state index contributed by atoms with van der Waals surface area (Å²) in [5, 5.41) is 2.85. The highest BCUT2D eigenvalue weighted by Crippen LogP contribution is 2.39. The van der Waals surface area contributed by atoms with E-state index in [2.05, 4.69) is 44.2 Å². The van der Waals surface area contributed by atoms with E-state index in [0.717, 1.165) is 38.6 Å². The lowest BCUT2D eigenvalue weighted by atomic mass is 9.71. The third-order valence-electron chi connectivity index (χ3n) is 6.53. The average molecular weight is 447 g/mol. The van der Waals surface area contributed by atoms with Crippen LogP contribution in [0.3, 0.4) is 0 Å². The van der Waals surface area contributed by atoms with E-state index in [1.54, 1.807) is 6.92 Å². The zero-order valence-corrected chi connectivity index (χ0v) is 20.6. The molecule has 0 bridgehead atoms. The number of ether oxygens (including phenoxy) is 2. The van der Waals surface area contributed by atoms with E-state index in [1.165, 1.54) is 12.0 Å². The highest BCUT2D eigenvalue weighted by atomic mass is 16.5. The smallest absolute Gasteiger partial charge is 0.407 e. The van der Waals surface area contributed by atoms with Gasteiger partial charge in [-0.2, -0.15) is 0 Å². The molecule has 0 heterocycles. The molecule has 0 aliphatic heterocycles. The summed E-state index contributed by atoms with van der Waals surface area (Å²) in [4.78, 5) is 26.9. The molecule has 1 saturated carbocycles. The van der Waals surface area contributed by atoms with Crippen LogP contribution >= 0.6 is 0 Å². The van der Waals surface area contributed by atoms with Crippen LogP contribution in [0.2, 0.25) is 0 Å². The predicted octanol–water partition coefficient (Wildman–Crippen LogP) is 5.37. The van der Waals surface area contributed by atoms with Crippen LogP contribution in [0, 0.1) is 11.3 Å². The third kappa shape index (κ3) is 8.45. The van der Waals surface area contributed by atoms with Crippen molar-refractivity contribution in [2.75, 3.05) is 33.8 Å². The Morgan fingerprint density at radius 3 is 2.50 bits per heavy atom. The van der Waals surface area contributed by atoms with Gasteiger partial charge in [-0.05, 0) is 81.8 Å². The van der Waals surface area contributed by atoms with Crippen molar-refractivity contribution < 1.29 is 19.1 Å². The van der Waals surface area contributed by atoms with Crippen molar-refractivity contribution in [2.45, 2.75) is 71.6 Å². The SMILES string of the molecule is CCOC(=O)NCC1(CC(=O)Oc2cccc([C@@H](CCN(C)C)C(C)C)c2)CCCCC1. The second-order valence-electron chi connectivity index (χ2n) is 9.80. The van der Waals surface area contributed by atoms with E-state index in [4.69, 9.17) is 9.47 Å². The van der Waals surface area contributed by atoms with E-state index in [-0.39, 0.29) is 11.4 Å². The Morgan fingerprint density at radius 1 is 1.16 bits per heavy atom. The van der Waals surface area contributed by atoms with Crippen molar-refractivity contribution >= 4 is 12.1 Å². The highest BCUT2D eigenvalue weighted by Gasteiger charge is 2.35. The van der Waals surface area contributed by atoms with Gasteiger partial charge in [-0.15, -0.1) is 0 Å². The van der Waals surface area contributed by atoms with E-state index in [9.17, 15) is 9.59 Å². The van der Waals surface area contributed by atoms with Gasteiger partial charge in [0.1, 0.15) is 5.75 Å². The standard InChI is InChI=1S/C26H42N2O4/c1-6-31-25(30)27-19-26(14-8-7-9-15-26)18-24(29)32-22-12-10-11-21(17-22)23(20(2)3)13-16-28(4)5/h10-12,17,20,23H,6-9,13-16,18-19H2,1-5H3,(H,27,30)/t23-/m0/s1. The molecule has 1 amide bonds. The molecule has 1 aromatic rings. The maximum atomic E-state index is 12.9. The van der Waals surface area contributed by atoms with Gasteiger partial charge >= 0.3 is 12.1 Å². The van der Waals surface area contributed by atoms with Gasteiger partial charge in [-0.1, -0.05) is 45.2 Å². The molecule has 0 unspecified atom stereocenters. The van der Waals surface area contributed by atoms with Crippen molar-refractivity contribution in [2.24, 2.45) is 11.3 Å². The van der Waals surface area contributed by atoms with Crippen molar-refractivity contribution in [3.63, 3.8) is 0 Å². The molecule has 0 aromatic heterocycles. The first-order chi connectivity index (χ1) is 15.2. The lowest BCUT2D eigenvalue weighted by molar-refractivity contribution is -0.137. The molecule has 6 nitrogen and oxygen atoms in total. The minimum absolute atomic E-state index is 0.232. The van der Waals surface area contributed by atoms with Crippen molar-refractivity contribution in [1.29, 1.82) is 0 Å². The summed E-state index contributed by atoms with van der Waals surface area (Å²) < 4.78 is 10.8. The molecule has 0 radical (unpaired) electrons. The Balaban J connectivity index is 2.05. The second kappa shape index (κ2) is 12.8. The monoisotopic (exact) mass is 446 g/mol. The van der Waals surface area contributed by atoms with E-state index in [1.807, 2.05) is 18.2 Å². The summed E-state index contributed by atoms with van der Waals surface area (Å²) in [5.74, 6) is 1.28. The van der Waals surface area contributed by atoms with Crippen LogP contribution in [-0.2, 0) is 9.53 Å². The first-order valence-corrected chi connectivity index (χ1v) is 12.1. The Bertz CT molecular complexity index is 726. The summed E-state index contributed by atoms with van der Waals surface area (Å²) in [6.45, 7) is 8.06. The van der Waals surface area contributed by atoms with Crippen LogP contribution in [0.4, 0.5) is 4.79 Å². The number of nitrogens with one attached hydrogen (secondary N) is 1. The first kappa shape index (κ1) is 26.2. The molecule has 2 rings (SSSR count). The highest BCUT2D eigenvalue weighted by molar-refractivity contribution is 5.73. The van der Waals surface area contributed by atoms with Gasteiger partial charge < -0.3 is 19.7 Å². The quantitative estimate of drug-likeness (QED) is 0.366. The molecule has 32 heavy (non-hydrogen) atoms. The third-order valence-corrected chi connectivity index (χ3v) is 6.53.